The van der Waals surface area contributed by atoms with Gasteiger partial charge in [-0.25, -0.2) is 0 Å². The van der Waals surface area contributed by atoms with E-state index in [0.29, 0.717) is 5.75 Å². The van der Waals surface area contributed by atoms with E-state index >= 15 is 0 Å². The molecule has 5 heteroatoms. The summed E-state index contributed by atoms with van der Waals surface area (Å²) in [6.07, 6.45) is 0. The van der Waals surface area contributed by atoms with E-state index in [2.05, 4.69) is 0 Å². The summed E-state index contributed by atoms with van der Waals surface area (Å²) >= 11 is 0. The van der Waals surface area contributed by atoms with Gasteiger partial charge >= 0.3 is 0 Å². The van der Waals surface area contributed by atoms with Crippen molar-refractivity contribution in [3.63, 3.8) is 0 Å². The van der Waals surface area contributed by atoms with Crippen molar-refractivity contribution in [3.05, 3.63) is 94.5 Å². The minimum absolute atomic E-state index is 0.0450. The second-order valence-electron chi connectivity index (χ2n) is 6.46. The van der Waals surface area contributed by atoms with E-state index in [1.807, 2.05) is 62.4 Å². The number of aromatic hydroxyl groups is 1. The zero-order valence-corrected chi connectivity index (χ0v) is 17.2. The van der Waals surface area contributed by atoms with Crippen LogP contribution in [0.25, 0.3) is 0 Å². The fourth-order valence-electron chi connectivity index (χ4n) is 2.32. The standard InChI is InChI=1S/C8H10O3.2C8H10O/c1-11-8-4-6(5-9)2-3-7(8)10;1-7-2-4-8(6-9)5-3-7;1-7-3-2-4-8(5-7)6-9/h2-4,9-10H,5H2,1H3;2*2-5,9H,6H2,1H3. The lowest BCUT2D eigenvalue weighted by Crippen LogP contribution is -1.87. The van der Waals surface area contributed by atoms with Gasteiger partial charge in [0.15, 0.2) is 11.5 Å². The molecule has 156 valence electrons. The number of hydrogen-bond acceptors (Lipinski definition) is 5. The van der Waals surface area contributed by atoms with Crippen LogP contribution >= 0.6 is 0 Å². The third kappa shape index (κ3) is 9.25. The molecule has 0 aliphatic carbocycles. The summed E-state index contributed by atoms with van der Waals surface area (Å²) in [6, 6.07) is 20.4. The highest BCUT2D eigenvalue weighted by molar-refractivity contribution is 5.41. The lowest BCUT2D eigenvalue weighted by Gasteiger charge is -2.03. The average Bonchev–Trinajstić information content (AvgIpc) is 2.75. The van der Waals surface area contributed by atoms with Crippen molar-refractivity contribution in [2.45, 2.75) is 33.7 Å². The van der Waals surface area contributed by atoms with Crippen LogP contribution in [-0.4, -0.2) is 27.5 Å². The van der Waals surface area contributed by atoms with E-state index in [4.69, 9.17) is 25.2 Å². The quantitative estimate of drug-likeness (QED) is 0.536. The molecule has 0 radical (unpaired) electrons. The van der Waals surface area contributed by atoms with Crippen LogP contribution in [0.2, 0.25) is 0 Å². The lowest BCUT2D eigenvalue weighted by atomic mass is 10.1. The molecule has 4 N–H and O–H groups in total. The van der Waals surface area contributed by atoms with Gasteiger partial charge in [-0.3, -0.25) is 0 Å². The summed E-state index contributed by atoms with van der Waals surface area (Å²) in [4.78, 5) is 0. The molecule has 29 heavy (non-hydrogen) atoms. The third-order valence-corrected chi connectivity index (χ3v) is 3.99. The first-order valence-corrected chi connectivity index (χ1v) is 9.23. The third-order valence-electron chi connectivity index (χ3n) is 3.99. The molecule has 0 saturated carbocycles. The SMILES string of the molecule is COc1cc(CO)ccc1O.Cc1ccc(CO)cc1.Cc1cccc(CO)c1. The summed E-state index contributed by atoms with van der Waals surface area (Å²) in [5.74, 6) is 0.473. The van der Waals surface area contributed by atoms with Crippen LogP contribution in [0.5, 0.6) is 11.5 Å². The maximum atomic E-state index is 9.12. The van der Waals surface area contributed by atoms with Gasteiger partial charge in [-0.2, -0.15) is 0 Å². The molecule has 5 nitrogen and oxygen atoms in total. The molecular weight excluding hydrogens is 368 g/mol. The molecule has 0 fully saturated rings. The van der Waals surface area contributed by atoms with Crippen LogP contribution in [0.4, 0.5) is 0 Å². The minimum atomic E-state index is -0.0450. The van der Waals surface area contributed by atoms with Crippen molar-refractivity contribution < 1.29 is 25.2 Å². The highest BCUT2D eigenvalue weighted by Crippen LogP contribution is 2.25. The van der Waals surface area contributed by atoms with Crippen LogP contribution < -0.4 is 4.74 Å². The Morgan fingerprint density at radius 2 is 1.21 bits per heavy atom. The Bertz CT molecular complexity index is 844. The molecule has 0 bridgehead atoms. The van der Waals surface area contributed by atoms with Gasteiger partial charge in [-0.05, 0) is 42.7 Å². The van der Waals surface area contributed by atoms with Gasteiger partial charge in [0, 0.05) is 0 Å². The molecule has 0 aliphatic heterocycles. The summed E-state index contributed by atoms with van der Waals surface area (Å²) in [5.41, 5.74) is 5.10. The normalized spacial score (nSPS) is 9.59. The highest BCUT2D eigenvalue weighted by Gasteiger charge is 2.00. The largest absolute Gasteiger partial charge is 0.504 e. The number of aryl methyl sites for hydroxylation is 2. The number of phenols is 1. The summed E-state index contributed by atoms with van der Waals surface area (Å²) < 4.78 is 4.83. The Kier molecular flexibility index (Phi) is 11.1. The zero-order valence-electron chi connectivity index (χ0n) is 17.2. The fourth-order valence-corrected chi connectivity index (χ4v) is 2.32. The molecule has 0 amide bonds. The Morgan fingerprint density at radius 1 is 0.655 bits per heavy atom. The molecule has 0 aliphatic rings. The predicted octanol–water partition coefficient (Wildman–Crippen LogP) is 3.87. The molecule has 3 aromatic carbocycles. The molecule has 0 atom stereocenters. The van der Waals surface area contributed by atoms with Gasteiger partial charge < -0.3 is 25.2 Å². The number of ether oxygens (including phenoxy) is 1. The van der Waals surface area contributed by atoms with E-state index in [0.717, 1.165) is 16.7 Å². The number of aliphatic hydroxyl groups excluding tert-OH is 3. The molecule has 0 heterocycles. The molecule has 3 aromatic rings. The first-order valence-electron chi connectivity index (χ1n) is 9.23. The van der Waals surface area contributed by atoms with E-state index in [1.54, 1.807) is 12.1 Å². The fraction of sp³-hybridized carbons (Fsp3) is 0.250. The van der Waals surface area contributed by atoms with Gasteiger partial charge in [-0.15, -0.1) is 0 Å². The number of aliphatic hydroxyl groups is 3. The van der Waals surface area contributed by atoms with Crippen molar-refractivity contribution in [2.75, 3.05) is 7.11 Å². The highest BCUT2D eigenvalue weighted by atomic mass is 16.5. The first-order chi connectivity index (χ1) is 13.9. The van der Waals surface area contributed by atoms with Gasteiger partial charge in [0.25, 0.3) is 0 Å². The van der Waals surface area contributed by atoms with Gasteiger partial charge in [-0.1, -0.05) is 65.7 Å². The monoisotopic (exact) mass is 398 g/mol. The van der Waals surface area contributed by atoms with E-state index in [-0.39, 0.29) is 25.6 Å². The maximum Gasteiger partial charge on any atom is 0.160 e. The number of phenolic OH excluding ortho intramolecular Hbond substituents is 1. The van der Waals surface area contributed by atoms with Crippen LogP contribution in [0.1, 0.15) is 27.8 Å². The molecule has 0 spiro atoms. The van der Waals surface area contributed by atoms with Crippen molar-refractivity contribution >= 4 is 0 Å². The molecule has 3 rings (SSSR count). The number of benzene rings is 3. The Balaban J connectivity index is 0.000000219. The zero-order chi connectivity index (χ0) is 21.6. The Labute approximate surface area is 172 Å². The molecule has 0 unspecified atom stereocenters. The summed E-state index contributed by atoms with van der Waals surface area (Å²) in [6.45, 7) is 4.28. The van der Waals surface area contributed by atoms with Crippen molar-refractivity contribution in [1.82, 2.24) is 0 Å². The molecular formula is C24H30O5. The summed E-state index contributed by atoms with van der Waals surface area (Å²) in [7, 11) is 1.47. The summed E-state index contributed by atoms with van der Waals surface area (Å²) in [5, 5.41) is 35.1. The van der Waals surface area contributed by atoms with Crippen molar-refractivity contribution in [2.24, 2.45) is 0 Å². The Morgan fingerprint density at radius 3 is 1.69 bits per heavy atom. The first kappa shape index (κ1) is 24.2. The van der Waals surface area contributed by atoms with Crippen molar-refractivity contribution in [1.29, 1.82) is 0 Å². The number of rotatable bonds is 4. The predicted molar refractivity (Wildman–Crippen MR) is 115 cm³/mol. The van der Waals surface area contributed by atoms with Gasteiger partial charge in [0.2, 0.25) is 0 Å². The smallest absolute Gasteiger partial charge is 0.160 e. The Hall–Kier alpha value is -2.86. The average molecular weight is 398 g/mol. The van der Waals surface area contributed by atoms with Crippen molar-refractivity contribution in [3.8, 4) is 11.5 Å². The van der Waals surface area contributed by atoms with Crippen LogP contribution in [0, 0.1) is 13.8 Å². The van der Waals surface area contributed by atoms with Gasteiger partial charge in [0.05, 0.1) is 26.9 Å². The minimum Gasteiger partial charge on any atom is -0.504 e. The molecule has 0 aromatic heterocycles. The maximum absolute atomic E-state index is 9.12. The lowest BCUT2D eigenvalue weighted by molar-refractivity contribution is 0.280. The number of methoxy groups -OCH3 is 1. The van der Waals surface area contributed by atoms with Gasteiger partial charge in [0.1, 0.15) is 0 Å². The van der Waals surface area contributed by atoms with Crippen LogP contribution in [0.3, 0.4) is 0 Å². The van der Waals surface area contributed by atoms with E-state index in [9.17, 15) is 0 Å². The topological polar surface area (TPSA) is 90.2 Å². The van der Waals surface area contributed by atoms with E-state index < -0.39 is 0 Å². The van der Waals surface area contributed by atoms with Crippen LogP contribution in [-0.2, 0) is 19.8 Å². The number of hydrogen-bond donors (Lipinski definition) is 4. The molecule has 0 saturated heterocycles. The second kappa shape index (κ2) is 13.3. The second-order valence-corrected chi connectivity index (χ2v) is 6.46. The van der Waals surface area contributed by atoms with E-state index in [1.165, 1.54) is 24.3 Å². The van der Waals surface area contributed by atoms with Crippen LogP contribution in [0.15, 0.2) is 66.7 Å².